The molecule has 4 unspecified atom stereocenters. The van der Waals surface area contributed by atoms with Gasteiger partial charge in [0.25, 0.3) is 0 Å². The van der Waals surface area contributed by atoms with Gasteiger partial charge < -0.3 is 5.32 Å². The van der Waals surface area contributed by atoms with Crippen molar-refractivity contribution >= 4 is 11.3 Å². The monoisotopic (exact) mass is 297 g/mol. The van der Waals surface area contributed by atoms with E-state index in [1.165, 1.54) is 31.2 Å². The Hall–Kier alpha value is -1.12. The van der Waals surface area contributed by atoms with E-state index in [9.17, 15) is 0 Å². The molecule has 1 fully saturated rings. The zero-order valence-electron chi connectivity index (χ0n) is 12.6. The van der Waals surface area contributed by atoms with Gasteiger partial charge in [-0.15, -0.1) is 0 Å². The molecular formula is C19H23NS. The second-order valence-corrected chi connectivity index (χ2v) is 7.35. The van der Waals surface area contributed by atoms with Crippen LogP contribution >= 0.6 is 11.3 Å². The van der Waals surface area contributed by atoms with Crippen molar-refractivity contribution in [3.05, 3.63) is 57.8 Å². The van der Waals surface area contributed by atoms with E-state index in [-0.39, 0.29) is 0 Å². The molecule has 4 atom stereocenters. The fourth-order valence-electron chi connectivity index (χ4n) is 4.45. The van der Waals surface area contributed by atoms with Gasteiger partial charge in [0.15, 0.2) is 0 Å². The average Bonchev–Trinajstić information content (AvgIpc) is 3.02. The fraction of sp³-hybridized carbons (Fsp3) is 0.474. The number of fused-ring (bicyclic) bond motifs is 3. The van der Waals surface area contributed by atoms with Crippen LogP contribution in [0.15, 0.2) is 41.1 Å². The molecule has 1 aromatic carbocycles. The predicted octanol–water partition coefficient (Wildman–Crippen LogP) is 4.24. The number of hydrogen-bond donors (Lipinski definition) is 1. The molecule has 21 heavy (non-hydrogen) atoms. The summed E-state index contributed by atoms with van der Waals surface area (Å²) in [4.78, 5) is 0. The van der Waals surface area contributed by atoms with Crippen molar-refractivity contribution < 1.29 is 0 Å². The van der Waals surface area contributed by atoms with Crippen molar-refractivity contribution in [1.82, 2.24) is 5.32 Å². The van der Waals surface area contributed by atoms with Crippen molar-refractivity contribution in [2.24, 2.45) is 11.8 Å². The minimum atomic E-state index is 0.672. The first-order valence-electron chi connectivity index (χ1n) is 8.14. The first kappa shape index (κ1) is 13.5. The standard InChI is InChI=1S/C19H23NS/c1-20-17(9-6-13-10-11-21-12-13)19-16-8-7-14-4-2-3-5-15(14)18(16)19/h2-5,10-12,16-20H,6-9H2,1H3. The van der Waals surface area contributed by atoms with Crippen LogP contribution in [0, 0.1) is 11.8 Å². The zero-order chi connectivity index (χ0) is 14.2. The van der Waals surface area contributed by atoms with Crippen molar-refractivity contribution in [3.8, 4) is 0 Å². The van der Waals surface area contributed by atoms with Gasteiger partial charge in [0.2, 0.25) is 0 Å². The first-order valence-corrected chi connectivity index (χ1v) is 9.09. The van der Waals surface area contributed by atoms with Crippen LogP contribution in [0.5, 0.6) is 0 Å². The van der Waals surface area contributed by atoms with Crippen molar-refractivity contribution in [2.75, 3.05) is 7.05 Å². The van der Waals surface area contributed by atoms with Crippen molar-refractivity contribution in [1.29, 1.82) is 0 Å². The Morgan fingerprint density at radius 3 is 3.00 bits per heavy atom. The highest BCUT2D eigenvalue weighted by molar-refractivity contribution is 7.07. The quantitative estimate of drug-likeness (QED) is 0.870. The maximum Gasteiger partial charge on any atom is 0.0104 e. The molecule has 2 aliphatic rings. The second-order valence-electron chi connectivity index (χ2n) is 6.57. The largest absolute Gasteiger partial charge is 0.317 e. The number of hydrogen-bond acceptors (Lipinski definition) is 2. The van der Waals surface area contributed by atoms with Gasteiger partial charge in [-0.1, -0.05) is 24.3 Å². The molecule has 110 valence electrons. The van der Waals surface area contributed by atoms with Gasteiger partial charge in [-0.05, 0) is 84.0 Å². The molecule has 1 saturated carbocycles. The highest BCUT2D eigenvalue weighted by Crippen LogP contribution is 2.61. The van der Waals surface area contributed by atoms with Crippen LogP contribution in [0.2, 0.25) is 0 Å². The molecule has 1 nitrogen and oxygen atoms in total. The first-order chi connectivity index (χ1) is 10.4. The van der Waals surface area contributed by atoms with E-state index in [1.54, 1.807) is 11.1 Å². The summed E-state index contributed by atoms with van der Waals surface area (Å²) < 4.78 is 0. The zero-order valence-corrected chi connectivity index (χ0v) is 13.4. The van der Waals surface area contributed by atoms with E-state index in [2.05, 4.69) is 53.5 Å². The van der Waals surface area contributed by atoms with E-state index in [1.807, 2.05) is 11.3 Å². The normalized spacial score (nSPS) is 27.8. The molecular weight excluding hydrogens is 274 g/mol. The molecule has 0 aliphatic heterocycles. The third kappa shape index (κ3) is 2.45. The van der Waals surface area contributed by atoms with Crippen LogP contribution < -0.4 is 5.32 Å². The third-order valence-electron chi connectivity index (χ3n) is 5.55. The molecule has 1 N–H and O–H groups in total. The Morgan fingerprint density at radius 2 is 2.19 bits per heavy atom. The molecule has 0 spiro atoms. The molecule has 0 bridgehead atoms. The summed E-state index contributed by atoms with van der Waals surface area (Å²) in [6, 6.07) is 12.1. The number of rotatable bonds is 5. The van der Waals surface area contributed by atoms with Crippen LogP contribution in [-0.2, 0) is 12.8 Å². The van der Waals surface area contributed by atoms with Gasteiger partial charge in [0.1, 0.15) is 0 Å². The summed E-state index contributed by atoms with van der Waals surface area (Å²) in [5.41, 5.74) is 4.76. The summed E-state index contributed by atoms with van der Waals surface area (Å²) >= 11 is 1.81. The fourth-order valence-corrected chi connectivity index (χ4v) is 5.16. The van der Waals surface area contributed by atoms with Gasteiger partial charge in [-0.2, -0.15) is 11.3 Å². The molecule has 0 amide bonds. The van der Waals surface area contributed by atoms with Gasteiger partial charge in [-0.3, -0.25) is 0 Å². The van der Waals surface area contributed by atoms with Crippen LogP contribution in [-0.4, -0.2) is 13.1 Å². The second kappa shape index (κ2) is 5.58. The third-order valence-corrected chi connectivity index (χ3v) is 6.28. The maximum absolute atomic E-state index is 3.62. The molecule has 0 radical (unpaired) electrons. The van der Waals surface area contributed by atoms with Crippen molar-refractivity contribution in [2.45, 2.75) is 37.6 Å². The molecule has 1 aromatic heterocycles. The predicted molar refractivity (Wildman–Crippen MR) is 90.0 cm³/mol. The lowest BCUT2D eigenvalue weighted by Gasteiger charge is -2.16. The topological polar surface area (TPSA) is 12.0 Å². The van der Waals surface area contributed by atoms with E-state index in [0.717, 1.165) is 17.8 Å². The summed E-state index contributed by atoms with van der Waals surface area (Å²) in [5, 5.41) is 8.10. The van der Waals surface area contributed by atoms with E-state index >= 15 is 0 Å². The highest BCUT2D eigenvalue weighted by Gasteiger charge is 2.55. The van der Waals surface area contributed by atoms with E-state index in [4.69, 9.17) is 0 Å². The van der Waals surface area contributed by atoms with E-state index < -0.39 is 0 Å². The lowest BCUT2D eigenvalue weighted by Crippen LogP contribution is -2.29. The van der Waals surface area contributed by atoms with Gasteiger partial charge in [0.05, 0.1) is 0 Å². The highest BCUT2D eigenvalue weighted by atomic mass is 32.1. The Labute approximate surface area is 131 Å². The SMILES string of the molecule is CNC(CCc1ccsc1)C1C2CCc3ccccc3C21. The van der Waals surface area contributed by atoms with Gasteiger partial charge in [-0.25, -0.2) is 0 Å². The summed E-state index contributed by atoms with van der Waals surface area (Å²) in [6.45, 7) is 0. The summed E-state index contributed by atoms with van der Waals surface area (Å²) in [5.74, 6) is 2.62. The average molecular weight is 297 g/mol. The molecule has 2 aromatic rings. The lowest BCUT2D eigenvalue weighted by atomic mass is 9.92. The number of benzene rings is 1. The van der Waals surface area contributed by atoms with Crippen molar-refractivity contribution in [3.63, 3.8) is 0 Å². The minimum Gasteiger partial charge on any atom is -0.317 e. The molecule has 1 heterocycles. The van der Waals surface area contributed by atoms with E-state index in [0.29, 0.717) is 6.04 Å². The van der Waals surface area contributed by atoms with Crippen LogP contribution in [0.25, 0.3) is 0 Å². The van der Waals surface area contributed by atoms with Gasteiger partial charge >= 0.3 is 0 Å². The molecule has 2 heteroatoms. The number of aryl methyl sites for hydroxylation is 2. The van der Waals surface area contributed by atoms with Crippen LogP contribution in [0.4, 0.5) is 0 Å². The lowest BCUT2D eigenvalue weighted by molar-refractivity contribution is 0.439. The smallest absolute Gasteiger partial charge is 0.0104 e. The maximum atomic E-state index is 3.62. The van der Waals surface area contributed by atoms with Crippen LogP contribution in [0.1, 0.15) is 35.4 Å². The minimum absolute atomic E-state index is 0.672. The molecule has 2 aliphatic carbocycles. The Bertz CT molecular complexity index is 604. The summed E-state index contributed by atoms with van der Waals surface area (Å²) in [7, 11) is 2.15. The molecule has 4 rings (SSSR count). The Balaban J connectivity index is 1.47. The Morgan fingerprint density at radius 1 is 1.29 bits per heavy atom. The van der Waals surface area contributed by atoms with Crippen LogP contribution in [0.3, 0.4) is 0 Å². The Kier molecular flexibility index (Phi) is 3.60. The molecule has 0 saturated heterocycles. The summed E-state index contributed by atoms with van der Waals surface area (Å²) in [6.07, 6.45) is 5.16. The number of nitrogens with one attached hydrogen (secondary N) is 1. The number of thiophene rings is 1. The van der Waals surface area contributed by atoms with Gasteiger partial charge in [0, 0.05) is 6.04 Å².